The Balaban J connectivity index is 1.81. The van der Waals surface area contributed by atoms with Crippen LogP contribution in [-0.2, 0) is 20.1 Å². The van der Waals surface area contributed by atoms with Crippen molar-refractivity contribution >= 4 is 23.2 Å². The van der Waals surface area contributed by atoms with Crippen molar-refractivity contribution in [3.63, 3.8) is 0 Å². The van der Waals surface area contributed by atoms with E-state index in [9.17, 15) is 4.79 Å². The molecule has 2 heterocycles. The van der Waals surface area contributed by atoms with Gasteiger partial charge in [-0.25, -0.2) is 0 Å². The molecule has 2 N–H and O–H groups in total. The standard InChI is InChI=1S/C22H24N2O3/c1-15-4-3-5-16(12-15)13-19-18-14-17(6-7-20(18)24(2)21(19)25)22(8-9-23)26-10-11-27-22/h3-7,12-14H,8-11,23H2,1-2H3/b19-13-. The monoisotopic (exact) mass is 364 g/mol. The number of anilines is 1. The lowest BCUT2D eigenvalue weighted by molar-refractivity contribution is -0.168. The zero-order valence-corrected chi connectivity index (χ0v) is 15.7. The van der Waals surface area contributed by atoms with Crippen LogP contribution in [0.4, 0.5) is 5.69 Å². The number of carbonyl (C=O) groups excluding carboxylic acids is 1. The van der Waals surface area contributed by atoms with E-state index in [4.69, 9.17) is 15.2 Å². The maximum absolute atomic E-state index is 12.9. The minimum absolute atomic E-state index is 0.00945. The molecular formula is C22H24N2O3. The van der Waals surface area contributed by atoms with Gasteiger partial charge in [0.2, 0.25) is 0 Å². The van der Waals surface area contributed by atoms with Crippen molar-refractivity contribution in [2.24, 2.45) is 5.73 Å². The van der Waals surface area contributed by atoms with Crippen LogP contribution in [0.1, 0.15) is 28.7 Å². The van der Waals surface area contributed by atoms with Crippen LogP contribution >= 0.6 is 0 Å². The fraction of sp³-hybridized carbons (Fsp3) is 0.318. The summed E-state index contributed by atoms with van der Waals surface area (Å²) in [6.45, 7) is 3.59. The number of aryl methyl sites for hydroxylation is 1. The van der Waals surface area contributed by atoms with E-state index in [2.05, 4.69) is 6.07 Å². The highest BCUT2D eigenvalue weighted by atomic mass is 16.7. The third-order valence-corrected chi connectivity index (χ3v) is 5.20. The average molecular weight is 364 g/mol. The summed E-state index contributed by atoms with van der Waals surface area (Å²) in [4.78, 5) is 14.6. The first-order chi connectivity index (χ1) is 13.0. The van der Waals surface area contributed by atoms with Crippen molar-refractivity contribution in [2.45, 2.75) is 19.1 Å². The van der Waals surface area contributed by atoms with E-state index in [1.807, 2.05) is 49.4 Å². The molecule has 0 unspecified atom stereocenters. The molecule has 0 aromatic heterocycles. The molecule has 0 atom stereocenters. The number of fused-ring (bicyclic) bond motifs is 1. The number of ether oxygens (including phenoxy) is 2. The molecule has 5 heteroatoms. The molecular weight excluding hydrogens is 340 g/mol. The van der Waals surface area contributed by atoms with Crippen LogP contribution in [0, 0.1) is 6.92 Å². The molecule has 0 aliphatic carbocycles. The van der Waals surface area contributed by atoms with E-state index in [-0.39, 0.29) is 5.91 Å². The first kappa shape index (κ1) is 17.9. The Bertz CT molecular complexity index is 914. The van der Waals surface area contributed by atoms with Crippen molar-refractivity contribution < 1.29 is 14.3 Å². The van der Waals surface area contributed by atoms with Gasteiger partial charge in [-0.15, -0.1) is 0 Å². The van der Waals surface area contributed by atoms with Gasteiger partial charge in [-0.3, -0.25) is 4.79 Å². The lowest BCUT2D eigenvalue weighted by atomic mass is 9.96. The summed E-state index contributed by atoms with van der Waals surface area (Å²) in [7, 11) is 1.80. The molecule has 1 saturated heterocycles. The number of benzene rings is 2. The fourth-order valence-electron chi connectivity index (χ4n) is 3.85. The van der Waals surface area contributed by atoms with Crippen LogP contribution in [0.3, 0.4) is 0 Å². The number of likely N-dealkylation sites (N-methyl/N-ethyl adjacent to an activating group) is 1. The summed E-state index contributed by atoms with van der Waals surface area (Å²) in [6, 6.07) is 14.1. The number of hydrogen-bond acceptors (Lipinski definition) is 4. The second-order valence-electron chi connectivity index (χ2n) is 7.06. The number of carbonyl (C=O) groups is 1. The lowest BCUT2D eigenvalue weighted by Gasteiger charge is -2.28. The van der Waals surface area contributed by atoms with Gasteiger partial charge in [-0.1, -0.05) is 35.9 Å². The molecule has 4 rings (SSSR count). The molecule has 27 heavy (non-hydrogen) atoms. The normalized spacial score (nSPS) is 19.7. The highest BCUT2D eigenvalue weighted by Crippen LogP contribution is 2.42. The van der Waals surface area contributed by atoms with Gasteiger partial charge >= 0.3 is 0 Å². The van der Waals surface area contributed by atoms with Gasteiger partial charge < -0.3 is 20.1 Å². The maximum atomic E-state index is 12.9. The summed E-state index contributed by atoms with van der Waals surface area (Å²) < 4.78 is 11.9. The molecule has 0 bridgehead atoms. The minimum Gasteiger partial charge on any atom is -0.343 e. The van der Waals surface area contributed by atoms with E-state index in [1.165, 1.54) is 0 Å². The largest absolute Gasteiger partial charge is 0.343 e. The zero-order valence-electron chi connectivity index (χ0n) is 15.7. The van der Waals surface area contributed by atoms with E-state index in [0.717, 1.165) is 27.9 Å². The molecule has 2 aromatic rings. The van der Waals surface area contributed by atoms with E-state index < -0.39 is 5.79 Å². The third-order valence-electron chi connectivity index (χ3n) is 5.20. The Morgan fingerprint density at radius 1 is 1.19 bits per heavy atom. The molecule has 1 amide bonds. The Kier molecular flexibility index (Phi) is 4.60. The van der Waals surface area contributed by atoms with Crippen molar-refractivity contribution in [1.82, 2.24) is 0 Å². The topological polar surface area (TPSA) is 64.8 Å². The Morgan fingerprint density at radius 2 is 1.96 bits per heavy atom. The summed E-state index contributed by atoms with van der Waals surface area (Å²) in [5.41, 5.74) is 11.3. The van der Waals surface area contributed by atoms with Crippen molar-refractivity contribution in [3.8, 4) is 0 Å². The second-order valence-corrected chi connectivity index (χ2v) is 7.06. The van der Waals surface area contributed by atoms with Crippen LogP contribution in [0.15, 0.2) is 42.5 Å². The number of amides is 1. The summed E-state index contributed by atoms with van der Waals surface area (Å²) in [5, 5.41) is 0. The van der Waals surface area contributed by atoms with Crippen molar-refractivity contribution in [1.29, 1.82) is 0 Å². The van der Waals surface area contributed by atoms with Gasteiger partial charge in [0, 0.05) is 30.2 Å². The second kappa shape index (κ2) is 6.93. The van der Waals surface area contributed by atoms with Crippen molar-refractivity contribution in [3.05, 3.63) is 64.7 Å². The van der Waals surface area contributed by atoms with Crippen LogP contribution in [-0.4, -0.2) is 32.7 Å². The molecule has 0 saturated carbocycles. The smallest absolute Gasteiger partial charge is 0.258 e. The Morgan fingerprint density at radius 3 is 2.67 bits per heavy atom. The zero-order chi connectivity index (χ0) is 19.0. The summed E-state index contributed by atoms with van der Waals surface area (Å²) >= 11 is 0. The van der Waals surface area contributed by atoms with Gasteiger partial charge in [0.05, 0.1) is 18.9 Å². The molecule has 140 valence electrons. The molecule has 2 aromatic carbocycles. The minimum atomic E-state index is -0.817. The van der Waals surface area contributed by atoms with Gasteiger partial charge in [-0.05, 0) is 37.2 Å². The highest BCUT2D eigenvalue weighted by Gasteiger charge is 2.40. The molecule has 2 aliphatic heterocycles. The van der Waals surface area contributed by atoms with Crippen LogP contribution in [0.25, 0.3) is 11.6 Å². The van der Waals surface area contributed by atoms with Crippen LogP contribution < -0.4 is 10.6 Å². The van der Waals surface area contributed by atoms with Gasteiger partial charge in [0.1, 0.15) is 0 Å². The maximum Gasteiger partial charge on any atom is 0.258 e. The Labute approximate surface area is 159 Å². The molecule has 2 aliphatic rings. The van der Waals surface area contributed by atoms with Crippen LogP contribution in [0.5, 0.6) is 0 Å². The number of hydrogen-bond donors (Lipinski definition) is 1. The number of rotatable bonds is 4. The van der Waals surface area contributed by atoms with E-state index >= 15 is 0 Å². The first-order valence-corrected chi connectivity index (χ1v) is 9.23. The SMILES string of the molecule is Cc1cccc(/C=C2\C(=O)N(C)c3ccc(C4(CCN)OCCO4)cc32)c1. The van der Waals surface area contributed by atoms with Crippen LogP contribution in [0.2, 0.25) is 0 Å². The summed E-state index contributed by atoms with van der Waals surface area (Å²) in [5.74, 6) is -0.826. The molecule has 5 nitrogen and oxygen atoms in total. The third kappa shape index (κ3) is 3.08. The Hall–Kier alpha value is -2.47. The molecule has 0 spiro atoms. The fourth-order valence-corrected chi connectivity index (χ4v) is 3.85. The summed E-state index contributed by atoms with van der Waals surface area (Å²) in [6.07, 6.45) is 2.53. The van der Waals surface area contributed by atoms with Crippen molar-refractivity contribution in [2.75, 3.05) is 31.7 Å². The van der Waals surface area contributed by atoms with E-state index in [0.29, 0.717) is 31.8 Å². The number of nitrogens with two attached hydrogens (primary N) is 1. The molecule has 0 radical (unpaired) electrons. The predicted octanol–water partition coefficient (Wildman–Crippen LogP) is 3.06. The van der Waals surface area contributed by atoms with Gasteiger partial charge in [-0.2, -0.15) is 0 Å². The molecule has 1 fully saturated rings. The number of nitrogens with zero attached hydrogens (tertiary/aromatic N) is 1. The highest BCUT2D eigenvalue weighted by molar-refractivity contribution is 6.35. The quantitative estimate of drug-likeness (QED) is 0.847. The lowest BCUT2D eigenvalue weighted by Crippen LogP contribution is -2.30. The average Bonchev–Trinajstić information content (AvgIpc) is 3.22. The first-order valence-electron chi connectivity index (χ1n) is 9.23. The predicted molar refractivity (Wildman–Crippen MR) is 106 cm³/mol. The van der Waals surface area contributed by atoms with E-state index in [1.54, 1.807) is 11.9 Å². The van der Waals surface area contributed by atoms with Gasteiger partial charge in [0.15, 0.2) is 5.79 Å². The van der Waals surface area contributed by atoms with Gasteiger partial charge in [0.25, 0.3) is 5.91 Å².